The molecule has 0 spiro atoms. The van der Waals surface area contributed by atoms with Crippen LogP contribution >= 0.6 is 0 Å². The maximum atomic E-state index is 13.7. The zero-order valence-electron chi connectivity index (χ0n) is 23.7. The van der Waals surface area contributed by atoms with Crippen LogP contribution in [0.1, 0.15) is 59.8 Å². The number of amides is 3. The van der Waals surface area contributed by atoms with Gasteiger partial charge in [-0.1, -0.05) is 91.3 Å². The number of ether oxygens (including phenoxy) is 1. The van der Waals surface area contributed by atoms with Crippen molar-refractivity contribution in [3.63, 3.8) is 0 Å². The van der Waals surface area contributed by atoms with E-state index >= 15 is 0 Å². The third-order valence-corrected chi connectivity index (χ3v) is 9.23. The predicted molar refractivity (Wildman–Crippen MR) is 162 cm³/mol. The minimum Gasteiger partial charge on any atom is -0.456 e. The van der Waals surface area contributed by atoms with Crippen molar-refractivity contribution in [1.82, 2.24) is 4.90 Å². The molecule has 4 aromatic carbocycles. The largest absolute Gasteiger partial charge is 0.456 e. The lowest BCUT2D eigenvalue weighted by Gasteiger charge is -2.45. The fourth-order valence-corrected chi connectivity index (χ4v) is 7.41. The van der Waals surface area contributed by atoms with Crippen molar-refractivity contribution < 1.29 is 23.9 Å². The highest BCUT2D eigenvalue weighted by Crippen LogP contribution is 2.60. The summed E-state index contributed by atoms with van der Waals surface area (Å²) in [6.07, 6.45) is 2.00. The third kappa shape index (κ3) is 4.69. The summed E-state index contributed by atoms with van der Waals surface area (Å²) in [5.41, 5.74) is 5.34. The molecule has 1 saturated heterocycles. The fraction of sp³-hybridized carbons (Fsp3) is 0.278. The summed E-state index contributed by atoms with van der Waals surface area (Å²) in [6.45, 7) is -0.00595. The normalized spacial score (nSPS) is 21.3. The van der Waals surface area contributed by atoms with Crippen molar-refractivity contribution in [3.05, 3.63) is 113 Å². The molecule has 1 N–H and O–H groups in total. The third-order valence-electron chi connectivity index (χ3n) is 9.23. The van der Waals surface area contributed by atoms with Crippen LogP contribution in [-0.4, -0.2) is 41.7 Å². The average Bonchev–Trinajstić information content (AvgIpc) is 3.29. The molecule has 1 fully saturated rings. The minimum absolute atomic E-state index is 0.0781. The highest BCUT2D eigenvalue weighted by molar-refractivity contribution is 6.07. The van der Waals surface area contributed by atoms with E-state index in [-0.39, 0.29) is 48.5 Å². The van der Waals surface area contributed by atoms with Gasteiger partial charge in [-0.05, 0) is 46.5 Å². The summed E-state index contributed by atoms with van der Waals surface area (Å²) in [7, 11) is 0. The number of rotatable bonds is 9. The number of nitrogens with zero attached hydrogens (tertiary/aromatic N) is 1. The maximum absolute atomic E-state index is 13.7. The number of likely N-dealkylation sites (tertiary alicyclic amines) is 1. The fourth-order valence-electron chi connectivity index (χ4n) is 7.41. The molecule has 0 saturated carbocycles. The zero-order chi connectivity index (χ0) is 29.5. The van der Waals surface area contributed by atoms with Crippen LogP contribution in [0.15, 0.2) is 91.0 Å². The first-order chi connectivity index (χ1) is 21.0. The second-order valence-corrected chi connectivity index (χ2v) is 11.6. The quantitative estimate of drug-likeness (QED) is 0.156. The summed E-state index contributed by atoms with van der Waals surface area (Å²) >= 11 is 0. The number of carbonyl (C=O) groups excluding carboxylic acids is 4. The van der Waals surface area contributed by atoms with Crippen LogP contribution in [0.2, 0.25) is 0 Å². The molecule has 43 heavy (non-hydrogen) atoms. The monoisotopic (exact) mass is 572 g/mol. The van der Waals surface area contributed by atoms with Crippen LogP contribution in [0.4, 0.5) is 5.69 Å². The van der Waals surface area contributed by atoms with Gasteiger partial charge in [0.2, 0.25) is 11.8 Å². The Morgan fingerprint density at radius 2 is 1.23 bits per heavy atom. The van der Waals surface area contributed by atoms with Gasteiger partial charge < -0.3 is 10.1 Å². The lowest BCUT2D eigenvalue weighted by molar-refractivity contribution is -0.147. The first-order valence-electron chi connectivity index (χ1n) is 15.0. The first kappa shape index (κ1) is 27.1. The number of esters is 1. The van der Waals surface area contributed by atoms with Crippen LogP contribution in [0.25, 0.3) is 10.8 Å². The van der Waals surface area contributed by atoms with Gasteiger partial charge in [0.15, 0.2) is 6.61 Å². The molecule has 4 aliphatic rings. The average molecular weight is 573 g/mol. The van der Waals surface area contributed by atoms with E-state index in [4.69, 9.17) is 4.74 Å². The van der Waals surface area contributed by atoms with Gasteiger partial charge in [-0.15, -0.1) is 0 Å². The molecule has 3 amide bonds. The van der Waals surface area contributed by atoms with Gasteiger partial charge in [0.1, 0.15) is 0 Å². The number of fused-ring (bicyclic) bond motifs is 1. The summed E-state index contributed by atoms with van der Waals surface area (Å²) in [6, 6.07) is 29.8. The standard InChI is InChI=1S/C36H32N2O5/c39-29(37-28-18-10-12-22-11-3-4-13-23(22)28)21-43-30(40)19-2-1-9-20-38-35(41)33-31-24-14-5-6-15-25(24)32(34(33)36(38)42)27-17-8-7-16-26(27)31/h3-8,10-18,31-34H,1-2,9,19-21H2,(H,37,39)/t31?,32?,33-,34-/m1/s1. The van der Waals surface area contributed by atoms with Crippen molar-refractivity contribution in [2.24, 2.45) is 11.8 Å². The van der Waals surface area contributed by atoms with E-state index < -0.39 is 11.9 Å². The number of imide groups is 1. The molecule has 8 rings (SSSR count). The number of nitrogens with one attached hydrogen (secondary N) is 1. The molecule has 2 bridgehead atoms. The topological polar surface area (TPSA) is 92.8 Å². The van der Waals surface area contributed by atoms with Crippen LogP contribution in [0.3, 0.4) is 0 Å². The molecule has 0 radical (unpaired) electrons. The van der Waals surface area contributed by atoms with Crippen LogP contribution in [0, 0.1) is 11.8 Å². The number of benzene rings is 4. The molecular formula is C36H32N2O5. The van der Waals surface area contributed by atoms with Crippen molar-refractivity contribution in [2.75, 3.05) is 18.5 Å². The molecule has 0 aromatic heterocycles. The molecule has 1 aliphatic heterocycles. The van der Waals surface area contributed by atoms with E-state index in [9.17, 15) is 19.2 Å². The second kappa shape index (κ2) is 11.1. The van der Waals surface area contributed by atoms with Gasteiger partial charge in [0.05, 0.1) is 11.8 Å². The smallest absolute Gasteiger partial charge is 0.306 e. The highest BCUT2D eigenvalue weighted by atomic mass is 16.5. The summed E-state index contributed by atoms with van der Waals surface area (Å²) in [5.74, 6) is -1.92. The Balaban J connectivity index is 0.903. The van der Waals surface area contributed by atoms with Crippen molar-refractivity contribution in [3.8, 4) is 0 Å². The number of hydrogen-bond donors (Lipinski definition) is 1. The van der Waals surface area contributed by atoms with Gasteiger partial charge in [-0.3, -0.25) is 24.1 Å². The van der Waals surface area contributed by atoms with Crippen molar-refractivity contribution in [1.29, 1.82) is 0 Å². The van der Waals surface area contributed by atoms with Crippen molar-refractivity contribution >= 4 is 40.2 Å². The van der Waals surface area contributed by atoms with Gasteiger partial charge >= 0.3 is 5.97 Å². The Morgan fingerprint density at radius 3 is 1.86 bits per heavy atom. The molecule has 4 aromatic rings. The Hall–Kier alpha value is -4.78. The molecule has 216 valence electrons. The van der Waals surface area contributed by atoms with E-state index in [1.54, 1.807) is 0 Å². The lowest BCUT2D eigenvalue weighted by Crippen LogP contribution is -2.41. The maximum Gasteiger partial charge on any atom is 0.306 e. The highest BCUT2D eigenvalue weighted by Gasteiger charge is 2.61. The van der Waals surface area contributed by atoms with Gasteiger partial charge in [-0.2, -0.15) is 0 Å². The number of hydrogen-bond acceptors (Lipinski definition) is 5. The Labute approximate surface area is 249 Å². The zero-order valence-corrected chi connectivity index (χ0v) is 23.7. The SMILES string of the molecule is O=C(COC(=O)CCCCCN1C(=O)[C@@H]2C3c4ccccc4C(c4ccccc43)[C@H]2C1=O)Nc1cccc2ccccc12. The van der Waals surface area contributed by atoms with Gasteiger partial charge in [0, 0.05) is 35.9 Å². The molecule has 7 nitrogen and oxygen atoms in total. The Kier molecular flexibility index (Phi) is 7.01. The summed E-state index contributed by atoms with van der Waals surface area (Å²) < 4.78 is 5.19. The number of carbonyl (C=O) groups is 4. The van der Waals surface area contributed by atoms with E-state index in [2.05, 4.69) is 29.6 Å². The van der Waals surface area contributed by atoms with Crippen LogP contribution < -0.4 is 5.32 Å². The van der Waals surface area contributed by atoms with E-state index in [0.29, 0.717) is 31.5 Å². The van der Waals surface area contributed by atoms with Crippen LogP contribution in [-0.2, 0) is 23.9 Å². The first-order valence-corrected chi connectivity index (χ1v) is 15.0. The second-order valence-electron chi connectivity index (χ2n) is 11.6. The van der Waals surface area contributed by atoms with Crippen molar-refractivity contribution in [2.45, 2.75) is 37.5 Å². The predicted octanol–water partition coefficient (Wildman–Crippen LogP) is 5.77. The Bertz CT molecular complexity index is 1640. The summed E-state index contributed by atoms with van der Waals surface area (Å²) in [5, 5.41) is 4.74. The number of unbranched alkanes of at least 4 members (excludes halogenated alkanes) is 2. The lowest BCUT2D eigenvalue weighted by atomic mass is 9.55. The van der Waals surface area contributed by atoms with E-state index in [1.807, 2.05) is 66.7 Å². The molecule has 7 heteroatoms. The Morgan fingerprint density at radius 1 is 0.674 bits per heavy atom. The molecule has 0 unspecified atom stereocenters. The van der Waals surface area contributed by atoms with E-state index in [0.717, 1.165) is 10.8 Å². The minimum atomic E-state index is -0.445. The molecular weight excluding hydrogens is 540 g/mol. The molecule has 2 atom stereocenters. The van der Waals surface area contributed by atoms with E-state index in [1.165, 1.54) is 27.2 Å². The molecule has 1 heterocycles. The van der Waals surface area contributed by atoms with Gasteiger partial charge in [0.25, 0.3) is 5.91 Å². The van der Waals surface area contributed by atoms with Crippen LogP contribution in [0.5, 0.6) is 0 Å². The van der Waals surface area contributed by atoms with Gasteiger partial charge in [-0.25, -0.2) is 0 Å². The summed E-state index contributed by atoms with van der Waals surface area (Å²) in [4.78, 5) is 53.5. The molecule has 3 aliphatic carbocycles. The number of anilines is 1.